The minimum absolute atomic E-state index is 0.0919. The number of nitrogens with one attached hydrogen (secondary N) is 1. The van der Waals surface area contributed by atoms with Gasteiger partial charge in [0.1, 0.15) is 11.6 Å². The molecule has 1 saturated heterocycles. The van der Waals surface area contributed by atoms with Gasteiger partial charge in [-0.15, -0.1) is 0 Å². The zero-order valence-corrected chi connectivity index (χ0v) is 15.6. The maximum Gasteiger partial charge on any atom is 0.251 e. The molecule has 7 heteroatoms. The minimum atomic E-state index is -0.142. The molecule has 1 fully saturated rings. The lowest BCUT2D eigenvalue weighted by Gasteiger charge is -2.35. The van der Waals surface area contributed by atoms with Gasteiger partial charge in [-0.3, -0.25) is 9.59 Å². The summed E-state index contributed by atoms with van der Waals surface area (Å²) in [5, 5.41) is 2.93. The van der Waals surface area contributed by atoms with Crippen molar-refractivity contribution in [3.8, 4) is 5.75 Å². The first-order valence-corrected chi connectivity index (χ1v) is 8.94. The van der Waals surface area contributed by atoms with E-state index < -0.39 is 0 Å². The summed E-state index contributed by atoms with van der Waals surface area (Å²) in [4.78, 5) is 32.2. The molecule has 1 aromatic carbocycles. The second kappa shape index (κ2) is 8.53. The molecule has 1 aliphatic heterocycles. The molecule has 0 spiro atoms. The number of pyridine rings is 1. The summed E-state index contributed by atoms with van der Waals surface area (Å²) in [5.74, 6) is 1.50. The number of carbonyl (C=O) groups excluding carboxylic acids is 2. The van der Waals surface area contributed by atoms with Crippen molar-refractivity contribution in [1.29, 1.82) is 0 Å². The van der Waals surface area contributed by atoms with Gasteiger partial charge in [0.25, 0.3) is 5.91 Å². The Bertz CT molecular complexity index is 799. The Morgan fingerprint density at radius 3 is 2.44 bits per heavy atom. The fourth-order valence-electron chi connectivity index (χ4n) is 3.01. The van der Waals surface area contributed by atoms with E-state index in [-0.39, 0.29) is 11.8 Å². The first-order chi connectivity index (χ1) is 13.1. The van der Waals surface area contributed by atoms with Gasteiger partial charge in [-0.05, 0) is 29.8 Å². The molecule has 1 aliphatic rings. The van der Waals surface area contributed by atoms with Crippen molar-refractivity contribution in [2.45, 2.75) is 13.5 Å². The van der Waals surface area contributed by atoms with E-state index in [1.165, 1.54) is 0 Å². The average Bonchev–Trinajstić information content (AvgIpc) is 2.72. The second-order valence-electron chi connectivity index (χ2n) is 6.43. The van der Waals surface area contributed by atoms with Gasteiger partial charge >= 0.3 is 0 Å². The molecule has 2 amide bonds. The number of amides is 2. The Balaban J connectivity index is 1.59. The number of nitrogens with zero attached hydrogens (tertiary/aromatic N) is 3. The number of aromatic nitrogens is 1. The first-order valence-electron chi connectivity index (χ1n) is 8.94. The third-order valence-electron chi connectivity index (χ3n) is 4.67. The van der Waals surface area contributed by atoms with Crippen LogP contribution in [0.2, 0.25) is 0 Å². The summed E-state index contributed by atoms with van der Waals surface area (Å²) in [6, 6.07) is 11.1. The van der Waals surface area contributed by atoms with Gasteiger partial charge in [0.2, 0.25) is 5.91 Å². The summed E-state index contributed by atoms with van der Waals surface area (Å²) in [5.41, 5.74) is 1.57. The molecule has 0 unspecified atom stereocenters. The summed E-state index contributed by atoms with van der Waals surface area (Å²) >= 11 is 0. The molecule has 1 N–H and O–H groups in total. The van der Waals surface area contributed by atoms with Crippen molar-refractivity contribution < 1.29 is 14.3 Å². The molecular formula is C20H24N4O3. The lowest BCUT2D eigenvalue weighted by Crippen LogP contribution is -2.48. The van der Waals surface area contributed by atoms with Gasteiger partial charge in [-0.25, -0.2) is 4.98 Å². The van der Waals surface area contributed by atoms with Gasteiger partial charge in [-0.1, -0.05) is 12.1 Å². The van der Waals surface area contributed by atoms with Crippen LogP contribution in [0, 0.1) is 0 Å². The zero-order valence-electron chi connectivity index (χ0n) is 15.6. The number of rotatable bonds is 5. The number of carbonyl (C=O) groups is 2. The quantitative estimate of drug-likeness (QED) is 0.869. The molecule has 0 saturated carbocycles. The van der Waals surface area contributed by atoms with Crippen LogP contribution in [0.15, 0.2) is 42.6 Å². The lowest BCUT2D eigenvalue weighted by molar-refractivity contribution is -0.129. The van der Waals surface area contributed by atoms with Crippen molar-refractivity contribution in [2.75, 3.05) is 38.2 Å². The van der Waals surface area contributed by atoms with E-state index >= 15 is 0 Å². The summed E-state index contributed by atoms with van der Waals surface area (Å²) in [7, 11) is 1.62. The number of hydrogen-bond donors (Lipinski definition) is 1. The second-order valence-corrected chi connectivity index (χ2v) is 6.43. The lowest BCUT2D eigenvalue weighted by atomic mass is 10.2. The predicted octanol–water partition coefficient (Wildman–Crippen LogP) is 1.69. The SMILES string of the molecule is COc1ccc(CNC(=O)c2ccnc(N3CCN(C(C)=O)CC3)c2)cc1. The maximum absolute atomic E-state index is 12.5. The van der Waals surface area contributed by atoms with E-state index in [1.807, 2.05) is 29.2 Å². The molecule has 27 heavy (non-hydrogen) atoms. The molecule has 0 atom stereocenters. The highest BCUT2D eigenvalue weighted by Crippen LogP contribution is 2.16. The van der Waals surface area contributed by atoms with Gasteiger partial charge in [-0.2, -0.15) is 0 Å². The standard InChI is InChI=1S/C20H24N4O3/c1-15(25)23-9-11-24(12-10-23)19-13-17(7-8-21-19)20(26)22-14-16-3-5-18(27-2)6-4-16/h3-8,13H,9-12,14H2,1-2H3,(H,22,26). The molecule has 142 valence electrons. The monoisotopic (exact) mass is 368 g/mol. The number of hydrogen-bond acceptors (Lipinski definition) is 5. The van der Waals surface area contributed by atoms with Crippen molar-refractivity contribution in [3.63, 3.8) is 0 Å². The van der Waals surface area contributed by atoms with E-state index in [1.54, 1.807) is 32.4 Å². The smallest absolute Gasteiger partial charge is 0.251 e. The van der Waals surface area contributed by atoms with E-state index in [0.29, 0.717) is 38.3 Å². The molecule has 7 nitrogen and oxygen atoms in total. The average molecular weight is 368 g/mol. The number of methoxy groups -OCH3 is 1. The summed E-state index contributed by atoms with van der Waals surface area (Å²) < 4.78 is 5.13. The van der Waals surface area contributed by atoms with Crippen molar-refractivity contribution in [1.82, 2.24) is 15.2 Å². The summed E-state index contributed by atoms with van der Waals surface area (Å²) in [6.45, 7) is 4.79. The highest BCUT2D eigenvalue weighted by atomic mass is 16.5. The van der Waals surface area contributed by atoms with Gasteiger partial charge in [0.15, 0.2) is 0 Å². The zero-order chi connectivity index (χ0) is 19.2. The topological polar surface area (TPSA) is 74.8 Å². The van der Waals surface area contributed by atoms with Crippen LogP contribution in [0.25, 0.3) is 0 Å². The van der Waals surface area contributed by atoms with Gasteiger partial charge in [0.05, 0.1) is 7.11 Å². The van der Waals surface area contributed by atoms with Gasteiger partial charge in [0, 0.05) is 51.4 Å². The molecule has 0 bridgehead atoms. The Morgan fingerprint density at radius 2 is 1.81 bits per heavy atom. The van der Waals surface area contributed by atoms with Crippen LogP contribution in [0.5, 0.6) is 5.75 Å². The third kappa shape index (κ3) is 4.75. The van der Waals surface area contributed by atoms with Crippen LogP contribution in [0.3, 0.4) is 0 Å². The maximum atomic E-state index is 12.5. The molecule has 3 rings (SSSR count). The highest BCUT2D eigenvalue weighted by molar-refractivity contribution is 5.94. The van der Waals surface area contributed by atoms with Crippen molar-refractivity contribution in [2.24, 2.45) is 0 Å². The van der Waals surface area contributed by atoms with E-state index in [2.05, 4.69) is 15.2 Å². The molecular weight excluding hydrogens is 344 g/mol. The number of benzene rings is 1. The van der Waals surface area contributed by atoms with Crippen LogP contribution in [0.4, 0.5) is 5.82 Å². The molecule has 2 heterocycles. The number of piperazine rings is 1. The van der Waals surface area contributed by atoms with Crippen LogP contribution >= 0.6 is 0 Å². The van der Waals surface area contributed by atoms with E-state index in [9.17, 15) is 9.59 Å². The van der Waals surface area contributed by atoms with E-state index in [0.717, 1.165) is 17.1 Å². The van der Waals surface area contributed by atoms with Crippen LogP contribution in [0.1, 0.15) is 22.8 Å². The fraction of sp³-hybridized carbons (Fsp3) is 0.350. The Hall–Kier alpha value is -3.09. The largest absolute Gasteiger partial charge is 0.497 e. The molecule has 0 aliphatic carbocycles. The Morgan fingerprint density at radius 1 is 1.11 bits per heavy atom. The highest BCUT2D eigenvalue weighted by Gasteiger charge is 2.20. The van der Waals surface area contributed by atoms with Crippen molar-refractivity contribution in [3.05, 3.63) is 53.7 Å². The Kier molecular flexibility index (Phi) is 5.90. The molecule has 0 radical (unpaired) electrons. The first kappa shape index (κ1) is 18.7. The fourth-order valence-corrected chi connectivity index (χ4v) is 3.01. The van der Waals surface area contributed by atoms with E-state index in [4.69, 9.17) is 4.74 Å². The summed E-state index contributed by atoms with van der Waals surface area (Å²) in [6.07, 6.45) is 1.65. The van der Waals surface area contributed by atoms with Crippen molar-refractivity contribution >= 4 is 17.6 Å². The predicted molar refractivity (Wildman–Crippen MR) is 103 cm³/mol. The normalized spacial score (nSPS) is 14.0. The van der Waals surface area contributed by atoms with Gasteiger partial charge < -0.3 is 19.9 Å². The van der Waals surface area contributed by atoms with Crippen LogP contribution in [-0.2, 0) is 11.3 Å². The third-order valence-corrected chi connectivity index (χ3v) is 4.67. The van der Waals surface area contributed by atoms with Crippen LogP contribution in [-0.4, -0.2) is 55.0 Å². The molecule has 1 aromatic heterocycles. The number of anilines is 1. The Labute approximate surface area is 158 Å². The number of ether oxygens (including phenoxy) is 1. The minimum Gasteiger partial charge on any atom is -0.497 e. The van der Waals surface area contributed by atoms with Crippen LogP contribution < -0.4 is 15.0 Å². The molecule has 2 aromatic rings.